The van der Waals surface area contributed by atoms with Crippen molar-refractivity contribution in [3.05, 3.63) is 65.5 Å². The van der Waals surface area contributed by atoms with E-state index in [0.29, 0.717) is 0 Å². The Labute approximate surface area is 113 Å². The summed E-state index contributed by atoms with van der Waals surface area (Å²) >= 11 is 0. The molecule has 96 valence electrons. The van der Waals surface area contributed by atoms with Gasteiger partial charge in [0.25, 0.3) is 0 Å². The summed E-state index contributed by atoms with van der Waals surface area (Å²) in [6.45, 7) is 6.23. The van der Waals surface area contributed by atoms with Crippen LogP contribution in [0.15, 0.2) is 48.7 Å². The molecule has 2 aromatic rings. The Bertz CT molecular complexity index is 656. The number of para-hydroxylation sites is 1. The molecule has 0 fully saturated rings. The summed E-state index contributed by atoms with van der Waals surface area (Å²) in [7, 11) is 0. The van der Waals surface area contributed by atoms with Gasteiger partial charge in [-0.25, -0.2) is 0 Å². The first-order valence-corrected chi connectivity index (χ1v) is 6.50. The van der Waals surface area contributed by atoms with Gasteiger partial charge in [-0.3, -0.25) is 4.98 Å². The van der Waals surface area contributed by atoms with Crippen LogP contribution in [0.25, 0.3) is 5.57 Å². The summed E-state index contributed by atoms with van der Waals surface area (Å²) in [5, 5.41) is 0. The van der Waals surface area contributed by atoms with Gasteiger partial charge in [0.05, 0.1) is 5.69 Å². The second-order valence-electron chi connectivity index (χ2n) is 5.43. The number of nitrogens with zero attached hydrogens (tertiary/aromatic N) is 1. The number of rotatable bonds is 1. The lowest BCUT2D eigenvalue weighted by atomic mass is 9.91. The standard InChI is InChI=1S/C17H17NO/c1-12-7-6-10-18-16(12)14-11-17(2,3)19-15-9-5-4-8-13(14)15/h4-11H,1-3H3. The summed E-state index contributed by atoms with van der Waals surface area (Å²) in [5.41, 5.74) is 4.18. The fourth-order valence-electron chi connectivity index (χ4n) is 2.48. The molecule has 0 spiro atoms. The maximum atomic E-state index is 6.01. The van der Waals surface area contributed by atoms with E-state index in [-0.39, 0.29) is 5.60 Å². The van der Waals surface area contributed by atoms with Gasteiger partial charge in [0.15, 0.2) is 0 Å². The molecule has 1 aromatic carbocycles. The molecule has 1 aliphatic heterocycles. The molecule has 1 aromatic heterocycles. The molecule has 0 unspecified atom stereocenters. The van der Waals surface area contributed by atoms with Gasteiger partial charge in [-0.1, -0.05) is 24.3 Å². The molecular weight excluding hydrogens is 234 g/mol. The maximum absolute atomic E-state index is 6.01. The lowest BCUT2D eigenvalue weighted by molar-refractivity contribution is 0.158. The normalized spacial score (nSPS) is 16.3. The maximum Gasteiger partial charge on any atom is 0.128 e. The van der Waals surface area contributed by atoms with Crippen LogP contribution < -0.4 is 4.74 Å². The van der Waals surface area contributed by atoms with E-state index in [1.54, 1.807) is 0 Å². The van der Waals surface area contributed by atoms with E-state index in [9.17, 15) is 0 Å². The smallest absolute Gasteiger partial charge is 0.128 e. The first kappa shape index (κ1) is 12.0. The van der Waals surface area contributed by atoms with Crippen LogP contribution in [0.4, 0.5) is 0 Å². The van der Waals surface area contributed by atoms with Crippen LogP contribution >= 0.6 is 0 Å². The Kier molecular flexibility index (Phi) is 2.67. The Hall–Kier alpha value is -2.09. The predicted octanol–water partition coefficient (Wildman–Crippen LogP) is 3.99. The minimum Gasteiger partial charge on any atom is -0.483 e. The number of pyridine rings is 1. The Morgan fingerprint density at radius 2 is 1.84 bits per heavy atom. The Morgan fingerprint density at radius 3 is 2.63 bits per heavy atom. The zero-order valence-electron chi connectivity index (χ0n) is 11.5. The fraction of sp³-hybridized carbons (Fsp3) is 0.235. The average molecular weight is 251 g/mol. The minimum absolute atomic E-state index is 0.312. The molecule has 2 heteroatoms. The van der Waals surface area contributed by atoms with Crippen molar-refractivity contribution >= 4 is 5.57 Å². The Morgan fingerprint density at radius 1 is 1.05 bits per heavy atom. The van der Waals surface area contributed by atoms with E-state index in [4.69, 9.17) is 4.74 Å². The van der Waals surface area contributed by atoms with Crippen LogP contribution in [-0.4, -0.2) is 10.6 Å². The zero-order valence-corrected chi connectivity index (χ0v) is 11.5. The number of hydrogen-bond acceptors (Lipinski definition) is 2. The number of aryl methyl sites for hydroxylation is 1. The number of aromatic nitrogens is 1. The average Bonchev–Trinajstić information content (AvgIpc) is 2.37. The lowest BCUT2D eigenvalue weighted by Gasteiger charge is -2.31. The van der Waals surface area contributed by atoms with E-state index >= 15 is 0 Å². The van der Waals surface area contributed by atoms with Crippen molar-refractivity contribution < 1.29 is 4.74 Å². The SMILES string of the molecule is Cc1cccnc1C1=CC(C)(C)Oc2ccccc21. The molecule has 0 atom stereocenters. The number of fused-ring (bicyclic) bond motifs is 1. The van der Waals surface area contributed by atoms with Crippen LogP contribution in [0.3, 0.4) is 0 Å². The molecule has 1 aliphatic rings. The third-order valence-corrected chi connectivity index (χ3v) is 3.31. The molecular formula is C17H17NO. The van der Waals surface area contributed by atoms with E-state index in [1.165, 1.54) is 5.56 Å². The second kappa shape index (κ2) is 4.23. The van der Waals surface area contributed by atoms with Crippen molar-refractivity contribution in [2.24, 2.45) is 0 Å². The number of benzene rings is 1. The molecule has 0 saturated heterocycles. The summed E-state index contributed by atoms with van der Waals surface area (Å²) < 4.78 is 6.01. The van der Waals surface area contributed by atoms with Crippen molar-refractivity contribution in [1.29, 1.82) is 0 Å². The van der Waals surface area contributed by atoms with E-state index in [0.717, 1.165) is 22.6 Å². The van der Waals surface area contributed by atoms with Gasteiger partial charge in [-0.15, -0.1) is 0 Å². The summed E-state index contributed by atoms with van der Waals surface area (Å²) in [6, 6.07) is 12.2. The first-order chi connectivity index (χ1) is 9.07. The zero-order chi connectivity index (χ0) is 13.5. The van der Waals surface area contributed by atoms with Crippen LogP contribution in [0.5, 0.6) is 5.75 Å². The highest BCUT2D eigenvalue weighted by Crippen LogP contribution is 2.39. The van der Waals surface area contributed by atoms with Gasteiger partial charge in [0, 0.05) is 17.3 Å². The third kappa shape index (κ3) is 2.14. The fourth-order valence-corrected chi connectivity index (χ4v) is 2.48. The van der Waals surface area contributed by atoms with Gasteiger partial charge in [0.2, 0.25) is 0 Å². The molecule has 0 bridgehead atoms. The molecule has 2 nitrogen and oxygen atoms in total. The molecule has 0 aliphatic carbocycles. The van der Waals surface area contributed by atoms with Crippen LogP contribution in [-0.2, 0) is 0 Å². The predicted molar refractivity (Wildman–Crippen MR) is 77.2 cm³/mol. The molecule has 0 saturated carbocycles. The molecule has 0 radical (unpaired) electrons. The van der Waals surface area contributed by atoms with E-state index < -0.39 is 0 Å². The molecule has 0 amide bonds. The quantitative estimate of drug-likeness (QED) is 0.764. The van der Waals surface area contributed by atoms with Crippen molar-refractivity contribution in [2.45, 2.75) is 26.4 Å². The minimum atomic E-state index is -0.312. The van der Waals surface area contributed by atoms with Crippen molar-refractivity contribution in [2.75, 3.05) is 0 Å². The largest absolute Gasteiger partial charge is 0.483 e. The van der Waals surface area contributed by atoms with E-state index in [2.05, 4.69) is 44.0 Å². The van der Waals surface area contributed by atoms with Crippen molar-refractivity contribution in [1.82, 2.24) is 4.98 Å². The topological polar surface area (TPSA) is 22.1 Å². The van der Waals surface area contributed by atoms with Crippen LogP contribution in [0.2, 0.25) is 0 Å². The van der Waals surface area contributed by atoms with Gasteiger partial charge >= 0.3 is 0 Å². The molecule has 3 rings (SSSR count). The van der Waals surface area contributed by atoms with Gasteiger partial charge in [0.1, 0.15) is 11.4 Å². The van der Waals surface area contributed by atoms with E-state index in [1.807, 2.05) is 30.5 Å². The highest BCUT2D eigenvalue weighted by atomic mass is 16.5. The van der Waals surface area contributed by atoms with Crippen molar-refractivity contribution in [3.8, 4) is 5.75 Å². The number of ether oxygens (including phenoxy) is 1. The monoisotopic (exact) mass is 251 g/mol. The number of hydrogen-bond donors (Lipinski definition) is 0. The molecule has 2 heterocycles. The van der Waals surface area contributed by atoms with Crippen molar-refractivity contribution in [3.63, 3.8) is 0 Å². The van der Waals surface area contributed by atoms with Crippen LogP contribution in [0, 0.1) is 6.92 Å². The first-order valence-electron chi connectivity index (χ1n) is 6.50. The highest BCUT2D eigenvalue weighted by Gasteiger charge is 2.27. The summed E-state index contributed by atoms with van der Waals surface area (Å²) in [6.07, 6.45) is 4.00. The Balaban J connectivity index is 2.24. The van der Waals surface area contributed by atoms with Crippen LogP contribution in [0.1, 0.15) is 30.7 Å². The third-order valence-electron chi connectivity index (χ3n) is 3.31. The molecule has 0 N–H and O–H groups in total. The van der Waals surface area contributed by atoms with Gasteiger partial charge < -0.3 is 4.74 Å². The van der Waals surface area contributed by atoms with Gasteiger partial charge in [-0.05, 0) is 44.5 Å². The summed E-state index contributed by atoms with van der Waals surface area (Å²) in [4.78, 5) is 4.54. The van der Waals surface area contributed by atoms with Gasteiger partial charge in [-0.2, -0.15) is 0 Å². The highest BCUT2D eigenvalue weighted by molar-refractivity contribution is 5.84. The second-order valence-corrected chi connectivity index (χ2v) is 5.43. The molecule has 19 heavy (non-hydrogen) atoms. The summed E-state index contributed by atoms with van der Waals surface area (Å²) in [5.74, 6) is 0.926. The lowest BCUT2D eigenvalue weighted by Crippen LogP contribution is -2.29.